The molecule has 13 heteroatoms. The molecule has 1 aliphatic heterocycles. The van der Waals surface area contributed by atoms with Crippen LogP contribution in [0.1, 0.15) is 21.7 Å². The Hall–Kier alpha value is -5.59. The number of hydrogen-bond acceptors (Lipinski definition) is 11. The lowest BCUT2D eigenvalue weighted by molar-refractivity contribution is 0.0997. The summed E-state index contributed by atoms with van der Waals surface area (Å²) in [5, 5.41) is 18.3. The van der Waals surface area contributed by atoms with E-state index in [2.05, 4.69) is 20.7 Å². The fraction of sp³-hybridized carbons (Fsp3) is 0.233. The number of carbonyl (C=O) groups excluding carboxylic acids is 1. The number of rotatable bonds is 8. The molecule has 13 nitrogen and oxygen atoms in total. The summed E-state index contributed by atoms with van der Waals surface area (Å²) in [5.74, 6) is 1.53. The number of para-hydroxylation sites is 1. The molecular weight excluding hydrogens is 556 g/mol. The second-order valence-electron chi connectivity index (χ2n) is 9.67. The molecule has 0 saturated carbocycles. The molecule has 0 radical (unpaired) electrons. The molecule has 0 fully saturated rings. The lowest BCUT2D eigenvalue weighted by Gasteiger charge is -2.29. The lowest BCUT2D eigenvalue weighted by atomic mass is 10.00. The predicted molar refractivity (Wildman–Crippen MR) is 157 cm³/mol. The van der Waals surface area contributed by atoms with Gasteiger partial charge in [0.2, 0.25) is 5.82 Å². The third-order valence-corrected chi connectivity index (χ3v) is 7.23. The topological polar surface area (TPSA) is 143 Å². The quantitative estimate of drug-likeness (QED) is 0.287. The molecule has 0 bridgehead atoms. The number of anilines is 1. The van der Waals surface area contributed by atoms with Crippen LogP contribution < -0.4 is 34.7 Å². The number of nitrogens with one attached hydrogen (secondary N) is 1. The average molecular weight is 585 g/mol. The fourth-order valence-corrected chi connectivity index (χ4v) is 5.02. The van der Waals surface area contributed by atoms with Crippen molar-refractivity contribution in [1.29, 1.82) is 0 Å². The van der Waals surface area contributed by atoms with E-state index in [9.17, 15) is 9.59 Å². The average Bonchev–Trinajstić information content (AvgIpc) is 3.53. The Morgan fingerprint density at radius 3 is 2.30 bits per heavy atom. The summed E-state index contributed by atoms with van der Waals surface area (Å²) in [5.41, 5.74) is 2.90. The van der Waals surface area contributed by atoms with Crippen molar-refractivity contribution in [1.82, 2.24) is 20.3 Å². The minimum Gasteiger partial charge on any atom is -0.493 e. The predicted octanol–water partition coefficient (Wildman–Crippen LogP) is 3.43. The van der Waals surface area contributed by atoms with Crippen molar-refractivity contribution < 1.29 is 28.2 Å². The molecule has 3 aromatic carbocycles. The first-order valence-corrected chi connectivity index (χ1v) is 13.3. The number of carbonyl (C=O) groups is 1. The zero-order chi connectivity index (χ0) is 30.1. The third-order valence-electron chi connectivity index (χ3n) is 7.23. The van der Waals surface area contributed by atoms with E-state index in [0.29, 0.717) is 58.3 Å². The van der Waals surface area contributed by atoms with Gasteiger partial charge < -0.3 is 28.7 Å². The number of hydrogen-bond donors (Lipinski definition) is 1. The van der Waals surface area contributed by atoms with E-state index in [1.807, 2.05) is 17.1 Å². The molecule has 1 N–H and O–H groups in total. The van der Waals surface area contributed by atoms with Gasteiger partial charge in [0.25, 0.3) is 5.91 Å². The Balaban J connectivity index is 1.33. The maximum atomic E-state index is 13.3. The third kappa shape index (κ3) is 5.16. The first-order valence-electron chi connectivity index (χ1n) is 13.3. The van der Waals surface area contributed by atoms with Crippen molar-refractivity contribution in [3.8, 4) is 34.4 Å². The number of amides is 1. The second-order valence-corrected chi connectivity index (χ2v) is 9.67. The van der Waals surface area contributed by atoms with E-state index in [4.69, 9.17) is 23.4 Å². The normalized spacial score (nSPS) is 12.5. The Kier molecular flexibility index (Phi) is 7.28. The molecule has 6 rings (SSSR count). The second kappa shape index (κ2) is 11.4. The van der Waals surface area contributed by atoms with Gasteiger partial charge in [0.05, 0.1) is 51.6 Å². The molecular formula is C30H28N6O7. The SMILES string of the molecule is COc1cc2c(cc1OC)CN(n1nnc(-c3cc(OC)c(OC)cc3NC(=O)c3cc(=O)c4ccccc4o3)n1)CC2. The van der Waals surface area contributed by atoms with Gasteiger partial charge in [-0.15, -0.1) is 10.2 Å². The van der Waals surface area contributed by atoms with Gasteiger partial charge in [0, 0.05) is 18.7 Å². The maximum Gasteiger partial charge on any atom is 0.291 e. The molecule has 5 aromatic rings. The van der Waals surface area contributed by atoms with E-state index < -0.39 is 5.91 Å². The zero-order valence-corrected chi connectivity index (χ0v) is 23.9. The molecule has 1 aliphatic rings. The summed E-state index contributed by atoms with van der Waals surface area (Å²) in [6.45, 7) is 1.15. The summed E-state index contributed by atoms with van der Waals surface area (Å²) < 4.78 is 27.6. The molecule has 1 amide bonds. The van der Waals surface area contributed by atoms with Crippen LogP contribution in [-0.4, -0.2) is 61.2 Å². The van der Waals surface area contributed by atoms with Crippen LogP contribution in [0.5, 0.6) is 23.0 Å². The van der Waals surface area contributed by atoms with Crippen molar-refractivity contribution in [3.63, 3.8) is 0 Å². The molecule has 3 heterocycles. The largest absolute Gasteiger partial charge is 0.493 e. The minimum atomic E-state index is -0.638. The Bertz CT molecular complexity index is 1900. The molecule has 0 spiro atoms. The van der Waals surface area contributed by atoms with Crippen LogP contribution in [0.25, 0.3) is 22.4 Å². The summed E-state index contributed by atoms with van der Waals surface area (Å²) in [6, 6.07) is 15.0. The van der Waals surface area contributed by atoms with E-state index in [-0.39, 0.29) is 17.0 Å². The van der Waals surface area contributed by atoms with Crippen molar-refractivity contribution in [2.45, 2.75) is 13.0 Å². The van der Waals surface area contributed by atoms with E-state index in [1.54, 1.807) is 50.6 Å². The van der Waals surface area contributed by atoms with Gasteiger partial charge in [0.1, 0.15) is 5.58 Å². The molecule has 0 aliphatic carbocycles. The molecule has 0 atom stereocenters. The summed E-state index contributed by atoms with van der Waals surface area (Å²) in [6.07, 6.45) is 0.737. The first kappa shape index (κ1) is 27.6. The standard InChI is InChI=1S/C30H28N6O7/c1-39-24-11-17-9-10-35(16-18(17)12-25(24)40-2)36-33-29(32-34-36)20-13-26(41-3)27(42-4)14-21(20)31-30(38)28-15-22(37)19-7-5-6-8-23(19)43-28/h5-8,11-15H,9-10,16H2,1-4H3,(H,31,38). The van der Waals surface area contributed by atoms with Crippen molar-refractivity contribution in [2.75, 3.05) is 45.3 Å². The van der Waals surface area contributed by atoms with Gasteiger partial charge in [-0.3, -0.25) is 14.6 Å². The number of aromatic nitrogens is 4. The number of ether oxygens (including phenoxy) is 4. The van der Waals surface area contributed by atoms with Gasteiger partial charge in [-0.2, -0.15) is 0 Å². The molecule has 2 aromatic heterocycles. The molecule has 43 heavy (non-hydrogen) atoms. The summed E-state index contributed by atoms with van der Waals surface area (Å²) in [7, 11) is 6.20. The monoisotopic (exact) mass is 584 g/mol. The highest BCUT2D eigenvalue weighted by molar-refractivity contribution is 6.05. The van der Waals surface area contributed by atoms with Gasteiger partial charge in [0.15, 0.2) is 34.2 Å². The van der Waals surface area contributed by atoms with Gasteiger partial charge >= 0.3 is 0 Å². The van der Waals surface area contributed by atoms with Crippen molar-refractivity contribution in [2.24, 2.45) is 0 Å². The highest BCUT2D eigenvalue weighted by Crippen LogP contribution is 2.38. The van der Waals surface area contributed by atoms with Crippen LogP contribution in [-0.2, 0) is 13.0 Å². The summed E-state index contributed by atoms with van der Waals surface area (Å²) >= 11 is 0. The maximum absolute atomic E-state index is 13.3. The molecule has 0 unspecified atom stereocenters. The molecule has 220 valence electrons. The lowest BCUT2D eigenvalue weighted by Crippen LogP contribution is -2.40. The Morgan fingerprint density at radius 1 is 0.884 bits per heavy atom. The van der Waals surface area contributed by atoms with E-state index in [0.717, 1.165) is 23.6 Å². The number of tetrazole rings is 1. The number of fused-ring (bicyclic) bond motifs is 2. The van der Waals surface area contributed by atoms with Crippen LogP contribution in [0.4, 0.5) is 5.69 Å². The highest BCUT2D eigenvalue weighted by atomic mass is 16.5. The van der Waals surface area contributed by atoms with Gasteiger partial charge in [-0.05, 0) is 53.1 Å². The van der Waals surface area contributed by atoms with E-state index in [1.165, 1.54) is 19.1 Å². The number of methoxy groups -OCH3 is 4. The summed E-state index contributed by atoms with van der Waals surface area (Å²) in [4.78, 5) is 27.3. The number of nitrogens with zero attached hydrogens (tertiary/aromatic N) is 5. The van der Waals surface area contributed by atoms with Gasteiger partial charge in [-0.1, -0.05) is 17.0 Å². The number of benzene rings is 3. The van der Waals surface area contributed by atoms with Crippen LogP contribution in [0.15, 0.2) is 63.8 Å². The Morgan fingerprint density at radius 2 is 1.56 bits per heavy atom. The zero-order valence-electron chi connectivity index (χ0n) is 23.9. The van der Waals surface area contributed by atoms with E-state index >= 15 is 0 Å². The van der Waals surface area contributed by atoms with Crippen LogP contribution in [0.2, 0.25) is 0 Å². The van der Waals surface area contributed by atoms with Crippen LogP contribution >= 0.6 is 0 Å². The van der Waals surface area contributed by atoms with Crippen molar-refractivity contribution >= 4 is 22.6 Å². The van der Waals surface area contributed by atoms with Crippen LogP contribution in [0, 0.1) is 0 Å². The van der Waals surface area contributed by atoms with Crippen LogP contribution in [0.3, 0.4) is 0 Å². The van der Waals surface area contributed by atoms with Gasteiger partial charge in [-0.25, -0.2) is 0 Å². The smallest absolute Gasteiger partial charge is 0.291 e. The first-order chi connectivity index (χ1) is 20.9. The fourth-order valence-electron chi connectivity index (χ4n) is 5.02. The van der Waals surface area contributed by atoms with Crippen molar-refractivity contribution in [3.05, 3.63) is 81.7 Å². The Labute approximate surface area is 245 Å². The molecule has 0 saturated heterocycles. The minimum absolute atomic E-state index is 0.153. The highest BCUT2D eigenvalue weighted by Gasteiger charge is 2.24.